The maximum atomic E-state index is 6.05. The Morgan fingerprint density at radius 3 is 2.50 bits per heavy atom. The molecule has 5 heteroatoms. The minimum atomic E-state index is 0.575. The number of benzene rings is 3. The summed E-state index contributed by atoms with van der Waals surface area (Å²) in [5, 5.41) is 0. The zero-order valence-electron chi connectivity index (χ0n) is 19.7. The second kappa shape index (κ2) is 11.2. The number of imidazole rings is 1. The zero-order chi connectivity index (χ0) is 23.8. The van der Waals surface area contributed by atoms with Gasteiger partial charge in [-0.2, -0.15) is 0 Å². The van der Waals surface area contributed by atoms with Crippen molar-refractivity contribution in [1.82, 2.24) is 9.55 Å². The summed E-state index contributed by atoms with van der Waals surface area (Å²) < 4.78 is 19.0. The first kappa shape index (κ1) is 23.2. The second-order valence-electron chi connectivity index (χ2n) is 7.90. The fraction of sp³-hybridized carbons (Fsp3) is 0.207. The second-order valence-corrected chi connectivity index (χ2v) is 7.90. The third-order valence-corrected chi connectivity index (χ3v) is 5.62. The monoisotopic (exact) mass is 454 g/mol. The van der Waals surface area contributed by atoms with Gasteiger partial charge in [0, 0.05) is 6.54 Å². The molecule has 0 saturated carbocycles. The standard InChI is InChI=1S/C29H30N2O3/c1-4-8-23-13-17-27(28(21-23)33-3)34-20-7-19-31-26-10-6-5-9-25(26)30-29(31)18-14-22-11-15-24(32-2)16-12-22/h4-6,9-18,21H,1,7-8,19-20H2,2-3H3/b18-14+. The SMILES string of the molecule is C=CCc1ccc(OCCCn2c(/C=C/c3ccc(OC)cc3)nc3ccccc32)c(OC)c1. The molecule has 0 aliphatic heterocycles. The maximum Gasteiger partial charge on any atom is 0.161 e. The van der Waals surface area contributed by atoms with Gasteiger partial charge in [0.15, 0.2) is 11.5 Å². The summed E-state index contributed by atoms with van der Waals surface area (Å²) in [6, 6.07) is 22.2. The van der Waals surface area contributed by atoms with Crippen molar-refractivity contribution >= 4 is 23.2 Å². The van der Waals surface area contributed by atoms with Crippen molar-refractivity contribution in [2.24, 2.45) is 0 Å². The first-order valence-corrected chi connectivity index (χ1v) is 11.4. The molecular formula is C29H30N2O3. The topological polar surface area (TPSA) is 45.5 Å². The largest absolute Gasteiger partial charge is 0.497 e. The molecule has 0 amide bonds. The molecule has 4 aromatic rings. The van der Waals surface area contributed by atoms with Crippen LogP contribution in [0, 0.1) is 0 Å². The van der Waals surface area contributed by atoms with E-state index in [4.69, 9.17) is 19.2 Å². The van der Waals surface area contributed by atoms with Gasteiger partial charge >= 0.3 is 0 Å². The van der Waals surface area contributed by atoms with Gasteiger partial charge in [0.25, 0.3) is 0 Å². The van der Waals surface area contributed by atoms with Gasteiger partial charge in [0.2, 0.25) is 0 Å². The molecule has 34 heavy (non-hydrogen) atoms. The Morgan fingerprint density at radius 1 is 0.912 bits per heavy atom. The minimum absolute atomic E-state index is 0.575. The van der Waals surface area contributed by atoms with Crippen molar-refractivity contribution in [2.45, 2.75) is 19.4 Å². The smallest absolute Gasteiger partial charge is 0.161 e. The molecular weight excluding hydrogens is 424 g/mol. The van der Waals surface area contributed by atoms with Gasteiger partial charge in [0.05, 0.1) is 31.9 Å². The zero-order valence-corrected chi connectivity index (χ0v) is 19.7. The predicted octanol–water partition coefficient (Wildman–Crippen LogP) is 6.42. The van der Waals surface area contributed by atoms with Gasteiger partial charge in [-0.3, -0.25) is 0 Å². The number of fused-ring (bicyclic) bond motifs is 1. The maximum absolute atomic E-state index is 6.05. The lowest BCUT2D eigenvalue weighted by Gasteiger charge is -2.13. The number of hydrogen-bond acceptors (Lipinski definition) is 4. The van der Waals surface area contributed by atoms with E-state index in [1.54, 1.807) is 14.2 Å². The summed E-state index contributed by atoms with van der Waals surface area (Å²) in [6.07, 6.45) is 7.65. The number of rotatable bonds is 11. The van der Waals surface area contributed by atoms with Crippen molar-refractivity contribution in [2.75, 3.05) is 20.8 Å². The Morgan fingerprint density at radius 2 is 1.74 bits per heavy atom. The predicted molar refractivity (Wildman–Crippen MR) is 139 cm³/mol. The first-order valence-electron chi connectivity index (χ1n) is 11.4. The number of aryl methyl sites for hydroxylation is 1. The molecule has 3 aromatic carbocycles. The van der Waals surface area contributed by atoms with Gasteiger partial charge in [0.1, 0.15) is 11.6 Å². The molecule has 0 bridgehead atoms. The molecule has 0 N–H and O–H groups in total. The normalized spacial score (nSPS) is 11.1. The lowest BCUT2D eigenvalue weighted by molar-refractivity contribution is 0.283. The third-order valence-electron chi connectivity index (χ3n) is 5.62. The van der Waals surface area contributed by atoms with E-state index in [2.05, 4.69) is 29.4 Å². The van der Waals surface area contributed by atoms with Crippen molar-refractivity contribution in [3.63, 3.8) is 0 Å². The number of ether oxygens (including phenoxy) is 3. The van der Waals surface area contributed by atoms with Crippen LogP contribution < -0.4 is 14.2 Å². The highest BCUT2D eigenvalue weighted by Gasteiger charge is 2.09. The van der Waals surface area contributed by atoms with Crippen molar-refractivity contribution in [3.8, 4) is 17.2 Å². The van der Waals surface area contributed by atoms with E-state index in [0.717, 1.165) is 64.6 Å². The molecule has 174 valence electrons. The van der Waals surface area contributed by atoms with Crippen molar-refractivity contribution < 1.29 is 14.2 Å². The fourth-order valence-corrected chi connectivity index (χ4v) is 3.87. The van der Waals surface area contributed by atoms with Crippen LogP contribution in [0.4, 0.5) is 0 Å². The summed E-state index contributed by atoms with van der Waals surface area (Å²) in [4.78, 5) is 4.84. The lowest BCUT2D eigenvalue weighted by Crippen LogP contribution is -2.06. The van der Waals surface area contributed by atoms with E-state index >= 15 is 0 Å². The summed E-state index contributed by atoms with van der Waals surface area (Å²) in [5.74, 6) is 3.26. The molecule has 0 atom stereocenters. The van der Waals surface area contributed by atoms with Crippen LogP contribution in [0.3, 0.4) is 0 Å². The molecule has 0 fully saturated rings. The van der Waals surface area contributed by atoms with E-state index in [9.17, 15) is 0 Å². The average Bonchev–Trinajstić information content (AvgIpc) is 3.23. The van der Waals surface area contributed by atoms with Gasteiger partial charge in [-0.25, -0.2) is 4.98 Å². The Labute approximate surface area is 200 Å². The summed E-state index contributed by atoms with van der Waals surface area (Å²) >= 11 is 0. The molecule has 0 aliphatic rings. The molecule has 5 nitrogen and oxygen atoms in total. The molecule has 1 aromatic heterocycles. The van der Waals surface area contributed by atoms with E-state index in [1.165, 1.54) is 0 Å². The molecule has 0 radical (unpaired) electrons. The summed E-state index contributed by atoms with van der Waals surface area (Å²) in [6.45, 7) is 5.16. The van der Waals surface area contributed by atoms with Crippen LogP contribution >= 0.6 is 0 Å². The van der Waals surface area contributed by atoms with Crippen LogP contribution in [0.1, 0.15) is 23.4 Å². The fourth-order valence-electron chi connectivity index (χ4n) is 3.87. The van der Waals surface area contributed by atoms with Crippen molar-refractivity contribution in [3.05, 3.63) is 96.3 Å². The van der Waals surface area contributed by atoms with E-state index in [1.807, 2.05) is 66.7 Å². The number of allylic oxidation sites excluding steroid dienone is 1. The van der Waals surface area contributed by atoms with Crippen LogP contribution in [0.2, 0.25) is 0 Å². The number of aromatic nitrogens is 2. The van der Waals surface area contributed by atoms with Crippen LogP contribution in [0.5, 0.6) is 17.2 Å². The Balaban J connectivity index is 1.46. The van der Waals surface area contributed by atoms with Crippen molar-refractivity contribution in [1.29, 1.82) is 0 Å². The number of para-hydroxylation sites is 2. The van der Waals surface area contributed by atoms with Crippen LogP contribution in [0.15, 0.2) is 79.4 Å². The quantitative estimate of drug-likeness (QED) is 0.194. The molecule has 0 unspecified atom stereocenters. The van der Waals surface area contributed by atoms with E-state index in [0.29, 0.717) is 6.61 Å². The number of hydrogen-bond donors (Lipinski definition) is 0. The highest BCUT2D eigenvalue weighted by molar-refractivity contribution is 5.79. The highest BCUT2D eigenvalue weighted by Crippen LogP contribution is 2.28. The molecule has 0 spiro atoms. The molecule has 0 saturated heterocycles. The Kier molecular flexibility index (Phi) is 7.66. The van der Waals surface area contributed by atoms with Crippen LogP contribution in [-0.4, -0.2) is 30.4 Å². The van der Waals surface area contributed by atoms with E-state index in [-0.39, 0.29) is 0 Å². The molecule has 0 aliphatic carbocycles. The summed E-state index contributed by atoms with van der Waals surface area (Å²) in [5.41, 5.74) is 4.34. The number of nitrogens with zero attached hydrogens (tertiary/aromatic N) is 2. The Bertz CT molecular complexity index is 1270. The first-order chi connectivity index (χ1) is 16.7. The van der Waals surface area contributed by atoms with Gasteiger partial charge in [-0.1, -0.05) is 42.5 Å². The van der Waals surface area contributed by atoms with Gasteiger partial charge < -0.3 is 18.8 Å². The minimum Gasteiger partial charge on any atom is -0.497 e. The van der Waals surface area contributed by atoms with E-state index < -0.39 is 0 Å². The van der Waals surface area contributed by atoms with Crippen LogP contribution in [0.25, 0.3) is 23.2 Å². The molecule has 1 heterocycles. The third kappa shape index (κ3) is 5.49. The average molecular weight is 455 g/mol. The lowest BCUT2D eigenvalue weighted by atomic mass is 10.1. The van der Waals surface area contributed by atoms with Gasteiger partial charge in [-0.05, 0) is 66.4 Å². The highest BCUT2D eigenvalue weighted by atomic mass is 16.5. The number of methoxy groups -OCH3 is 2. The molecule has 4 rings (SSSR count). The van der Waals surface area contributed by atoms with Gasteiger partial charge in [-0.15, -0.1) is 6.58 Å². The Hall–Kier alpha value is -3.99. The van der Waals surface area contributed by atoms with Crippen LogP contribution in [-0.2, 0) is 13.0 Å². The summed E-state index contributed by atoms with van der Waals surface area (Å²) in [7, 11) is 3.34.